The lowest BCUT2D eigenvalue weighted by molar-refractivity contribution is 0.0850. The van der Waals surface area contributed by atoms with Crippen LogP contribution in [-0.4, -0.2) is 73.5 Å². The average molecular weight is 517 g/mol. The molecule has 1 aliphatic rings. The van der Waals surface area contributed by atoms with E-state index >= 15 is 0 Å². The molecule has 0 atom stereocenters. The topological polar surface area (TPSA) is 102 Å². The van der Waals surface area contributed by atoms with Gasteiger partial charge < -0.3 is 15.0 Å². The number of halogens is 1. The third-order valence-electron chi connectivity index (χ3n) is 6.88. The number of aromatic nitrogens is 6. The summed E-state index contributed by atoms with van der Waals surface area (Å²) in [4.78, 5) is 24.7. The molecule has 6 rings (SSSR count). The molecular formula is C26H25ClN8O2. The van der Waals surface area contributed by atoms with Gasteiger partial charge in [-0.05, 0) is 57.3 Å². The van der Waals surface area contributed by atoms with Crippen molar-refractivity contribution in [2.45, 2.75) is 24.9 Å². The number of nitrogens with one attached hydrogen (secondary N) is 1. The van der Waals surface area contributed by atoms with Gasteiger partial charge in [0.25, 0.3) is 5.91 Å². The molecule has 0 spiro atoms. The molecule has 0 aliphatic heterocycles. The van der Waals surface area contributed by atoms with Gasteiger partial charge in [-0.3, -0.25) is 9.78 Å². The standard InChI is InChI=1S/C26H25ClN8O2/c1-33(2)17-10-16(11-17)31-26(36)24-19-13-29-20(18-14-30-34-8-4-7-28-25(18)34)12-21(19)35(32-24)22-9-15(27)5-6-23(22)37-3/h4-9,12-14,16-17H,10-11H2,1-3H3,(H,31,36)/t16-,17-. The van der Waals surface area contributed by atoms with Crippen LogP contribution in [-0.2, 0) is 0 Å². The molecule has 4 heterocycles. The highest BCUT2D eigenvalue weighted by Crippen LogP contribution is 2.33. The lowest BCUT2D eigenvalue weighted by Crippen LogP contribution is -2.51. The molecule has 0 unspecified atom stereocenters. The van der Waals surface area contributed by atoms with Crippen molar-refractivity contribution in [1.82, 2.24) is 39.6 Å². The van der Waals surface area contributed by atoms with E-state index in [1.165, 1.54) is 0 Å². The summed E-state index contributed by atoms with van der Waals surface area (Å²) in [6, 6.07) is 9.57. The molecule has 37 heavy (non-hydrogen) atoms. The minimum atomic E-state index is -0.237. The maximum Gasteiger partial charge on any atom is 0.272 e. The van der Waals surface area contributed by atoms with Gasteiger partial charge in [-0.25, -0.2) is 14.2 Å². The van der Waals surface area contributed by atoms with E-state index in [0.717, 1.165) is 18.4 Å². The highest BCUT2D eigenvalue weighted by Gasteiger charge is 2.33. The maximum absolute atomic E-state index is 13.4. The Labute approximate surface area is 217 Å². The molecule has 1 amide bonds. The Hall–Kier alpha value is -4.02. The van der Waals surface area contributed by atoms with Gasteiger partial charge in [0.05, 0.1) is 35.5 Å². The lowest BCUT2D eigenvalue weighted by Gasteiger charge is -2.39. The zero-order chi connectivity index (χ0) is 25.7. The molecule has 0 saturated heterocycles. The Morgan fingerprint density at radius 3 is 2.81 bits per heavy atom. The molecule has 1 aromatic carbocycles. The summed E-state index contributed by atoms with van der Waals surface area (Å²) in [5.74, 6) is 0.337. The van der Waals surface area contributed by atoms with Crippen molar-refractivity contribution in [3.8, 4) is 22.7 Å². The number of hydrogen-bond acceptors (Lipinski definition) is 7. The Morgan fingerprint density at radius 1 is 1.19 bits per heavy atom. The number of carbonyl (C=O) groups is 1. The Balaban J connectivity index is 1.47. The normalized spacial score (nSPS) is 17.3. The van der Waals surface area contributed by atoms with Crippen LogP contribution in [0.15, 0.2) is 55.1 Å². The van der Waals surface area contributed by atoms with E-state index in [2.05, 4.69) is 39.4 Å². The summed E-state index contributed by atoms with van der Waals surface area (Å²) in [6.45, 7) is 0. The number of fused-ring (bicyclic) bond motifs is 2. The number of rotatable bonds is 6. The quantitative estimate of drug-likeness (QED) is 0.368. The zero-order valence-corrected chi connectivity index (χ0v) is 21.3. The molecule has 1 fully saturated rings. The summed E-state index contributed by atoms with van der Waals surface area (Å²) in [5.41, 5.74) is 3.70. The number of hydrogen-bond donors (Lipinski definition) is 1. The molecule has 0 bridgehead atoms. The summed E-state index contributed by atoms with van der Waals surface area (Å²) in [7, 11) is 5.69. The summed E-state index contributed by atoms with van der Waals surface area (Å²) >= 11 is 6.34. The van der Waals surface area contributed by atoms with Crippen LogP contribution < -0.4 is 10.1 Å². The zero-order valence-electron chi connectivity index (χ0n) is 20.6. The fourth-order valence-corrected chi connectivity index (χ4v) is 4.89. The minimum Gasteiger partial charge on any atom is -0.494 e. The van der Waals surface area contributed by atoms with Crippen molar-refractivity contribution < 1.29 is 9.53 Å². The van der Waals surface area contributed by atoms with E-state index in [-0.39, 0.29) is 11.9 Å². The predicted molar refractivity (Wildman–Crippen MR) is 140 cm³/mol. The highest BCUT2D eigenvalue weighted by atomic mass is 35.5. The van der Waals surface area contributed by atoms with Crippen LogP contribution in [0.4, 0.5) is 0 Å². The first-order valence-corrected chi connectivity index (χ1v) is 12.3. The van der Waals surface area contributed by atoms with Crippen LogP contribution in [0.25, 0.3) is 33.5 Å². The lowest BCUT2D eigenvalue weighted by atomic mass is 9.86. The van der Waals surface area contributed by atoms with Crippen LogP contribution in [0.3, 0.4) is 0 Å². The predicted octanol–water partition coefficient (Wildman–Crippen LogP) is 3.61. The Kier molecular flexibility index (Phi) is 5.77. The third-order valence-corrected chi connectivity index (χ3v) is 7.12. The molecule has 1 N–H and O–H groups in total. The number of ether oxygens (including phenoxy) is 1. The smallest absolute Gasteiger partial charge is 0.272 e. The van der Waals surface area contributed by atoms with Gasteiger partial charge in [0.15, 0.2) is 11.3 Å². The number of carbonyl (C=O) groups excluding carboxylic acids is 1. The third kappa shape index (κ3) is 4.08. The van der Waals surface area contributed by atoms with E-state index in [1.807, 2.05) is 18.3 Å². The van der Waals surface area contributed by atoms with Crippen molar-refractivity contribution in [2.24, 2.45) is 0 Å². The first kappa shape index (κ1) is 23.4. The van der Waals surface area contributed by atoms with Crippen LogP contribution >= 0.6 is 11.6 Å². The van der Waals surface area contributed by atoms with Crippen molar-refractivity contribution >= 4 is 34.1 Å². The van der Waals surface area contributed by atoms with Crippen molar-refractivity contribution in [3.05, 3.63) is 65.8 Å². The first-order valence-electron chi connectivity index (χ1n) is 11.9. The molecule has 10 nitrogen and oxygen atoms in total. The van der Waals surface area contributed by atoms with E-state index in [0.29, 0.717) is 50.4 Å². The van der Waals surface area contributed by atoms with E-state index in [4.69, 9.17) is 21.4 Å². The largest absolute Gasteiger partial charge is 0.494 e. The molecule has 1 aliphatic carbocycles. The molecular weight excluding hydrogens is 492 g/mol. The number of methoxy groups -OCH3 is 1. The molecule has 0 radical (unpaired) electrons. The number of amides is 1. The van der Waals surface area contributed by atoms with Crippen LogP contribution in [0.1, 0.15) is 23.3 Å². The summed E-state index contributed by atoms with van der Waals surface area (Å²) in [5, 5.41) is 13.4. The summed E-state index contributed by atoms with van der Waals surface area (Å²) < 4.78 is 8.97. The summed E-state index contributed by atoms with van der Waals surface area (Å²) in [6.07, 6.45) is 8.75. The second kappa shape index (κ2) is 9.13. The number of nitrogens with zero attached hydrogens (tertiary/aromatic N) is 7. The second-order valence-corrected chi connectivity index (χ2v) is 9.81. The highest BCUT2D eigenvalue weighted by molar-refractivity contribution is 6.30. The molecule has 11 heteroatoms. The average Bonchev–Trinajstić information content (AvgIpc) is 3.47. The fourth-order valence-electron chi connectivity index (χ4n) is 4.73. The van der Waals surface area contributed by atoms with Gasteiger partial charge in [-0.2, -0.15) is 10.2 Å². The number of benzene rings is 1. The van der Waals surface area contributed by atoms with E-state index in [1.54, 1.807) is 53.1 Å². The Morgan fingerprint density at radius 2 is 2.03 bits per heavy atom. The molecule has 4 aromatic heterocycles. The van der Waals surface area contributed by atoms with Gasteiger partial charge in [0, 0.05) is 35.7 Å². The second-order valence-electron chi connectivity index (χ2n) is 9.37. The number of pyridine rings is 1. The SMILES string of the molecule is COc1ccc(Cl)cc1-n1nc(C(=O)N[C@H]2C[C@H](N(C)C)C2)c2cnc(-c3cnn4cccnc34)cc21. The van der Waals surface area contributed by atoms with Crippen molar-refractivity contribution in [2.75, 3.05) is 21.2 Å². The van der Waals surface area contributed by atoms with Crippen LogP contribution in [0, 0.1) is 0 Å². The monoisotopic (exact) mass is 516 g/mol. The van der Waals surface area contributed by atoms with Gasteiger partial charge in [0.1, 0.15) is 11.4 Å². The van der Waals surface area contributed by atoms with Crippen LogP contribution in [0.5, 0.6) is 5.75 Å². The molecule has 188 valence electrons. The minimum absolute atomic E-state index is 0.109. The van der Waals surface area contributed by atoms with E-state index in [9.17, 15) is 4.79 Å². The van der Waals surface area contributed by atoms with Crippen molar-refractivity contribution in [3.63, 3.8) is 0 Å². The first-order chi connectivity index (χ1) is 17.9. The van der Waals surface area contributed by atoms with Crippen molar-refractivity contribution in [1.29, 1.82) is 0 Å². The molecule has 5 aromatic rings. The van der Waals surface area contributed by atoms with Gasteiger partial charge in [-0.1, -0.05) is 11.6 Å². The van der Waals surface area contributed by atoms with Gasteiger partial charge in [-0.15, -0.1) is 0 Å². The molecule has 1 saturated carbocycles. The van der Waals surface area contributed by atoms with Gasteiger partial charge >= 0.3 is 0 Å². The van der Waals surface area contributed by atoms with Crippen LogP contribution in [0.2, 0.25) is 5.02 Å². The maximum atomic E-state index is 13.4. The van der Waals surface area contributed by atoms with Gasteiger partial charge in [0.2, 0.25) is 0 Å². The van der Waals surface area contributed by atoms with E-state index < -0.39 is 0 Å². The fraction of sp³-hybridized carbons (Fsp3) is 0.269. The Bertz CT molecular complexity index is 1640.